The molecule has 1 aliphatic rings. The van der Waals surface area contributed by atoms with E-state index < -0.39 is 0 Å². The molecule has 0 aromatic heterocycles. The van der Waals surface area contributed by atoms with Crippen LogP contribution in [0.4, 0.5) is 5.69 Å². The number of hydrogen-bond acceptors (Lipinski definition) is 4. The molecule has 26 heavy (non-hydrogen) atoms. The maximum atomic E-state index is 12.7. The van der Waals surface area contributed by atoms with Crippen molar-refractivity contribution < 1.29 is 14.3 Å². The van der Waals surface area contributed by atoms with Crippen molar-refractivity contribution in [3.8, 4) is 0 Å². The van der Waals surface area contributed by atoms with Crippen LogP contribution in [-0.4, -0.2) is 42.5 Å². The van der Waals surface area contributed by atoms with Gasteiger partial charge < -0.3 is 10.1 Å². The number of benzene rings is 2. The van der Waals surface area contributed by atoms with E-state index in [1.807, 2.05) is 56.3 Å². The van der Waals surface area contributed by atoms with Gasteiger partial charge >= 0.3 is 5.97 Å². The summed E-state index contributed by atoms with van der Waals surface area (Å²) in [4.78, 5) is 26.8. The highest BCUT2D eigenvalue weighted by atomic mass is 16.5. The summed E-state index contributed by atoms with van der Waals surface area (Å²) in [6.07, 6.45) is 1.73. The molecule has 0 spiro atoms. The summed E-state index contributed by atoms with van der Waals surface area (Å²) in [6, 6.07) is 13.7. The highest BCUT2D eigenvalue weighted by Gasteiger charge is 2.31. The Balaban J connectivity index is 1.63. The summed E-state index contributed by atoms with van der Waals surface area (Å²) < 4.78 is 5.14. The molecule has 0 radical (unpaired) electrons. The Labute approximate surface area is 154 Å². The molecule has 0 bridgehead atoms. The topological polar surface area (TPSA) is 58.6 Å². The third-order valence-corrected chi connectivity index (χ3v) is 5.02. The molecule has 5 heteroatoms. The van der Waals surface area contributed by atoms with Crippen LogP contribution < -0.4 is 5.32 Å². The molecule has 1 fully saturated rings. The molecule has 0 saturated carbocycles. The molecule has 2 aromatic carbocycles. The first-order valence-corrected chi connectivity index (χ1v) is 9.29. The van der Waals surface area contributed by atoms with Crippen LogP contribution in [0.1, 0.15) is 26.7 Å². The van der Waals surface area contributed by atoms with Gasteiger partial charge in [0.2, 0.25) is 5.91 Å². The van der Waals surface area contributed by atoms with E-state index in [1.165, 1.54) is 0 Å². The molecule has 0 unspecified atom stereocenters. The van der Waals surface area contributed by atoms with Crippen molar-refractivity contribution in [2.45, 2.75) is 32.7 Å². The van der Waals surface area contributed by atoms with Crippen LogP contribution in [0.25, 0.3) is 10.8 Å². The Morgan fingerprint density at radius 3 is 2.77 bits per heavy atom. The lowest BCUT2D eigenvalue weighted by atomic mass is 9.97. The van der Waals surface area contributed by atoms with E-state index in [1.54, 1.807) is 0 Å². The van der Waals surface area contributed by atoms with Crippen molar-refractivity contribution in [2.75, 3.05) is 25.0 Å². The van der Waals surface area contributed by atoms with E-state index in [9.17, 15) is 9.59 Å². The number of hydrogen-bond donors (Lipinski definition) is 1. The van der Waals surface area contributed by atoms with Crippen LogP contribution in [0.2, 0.25) is 0 Å². The first kappa shape index (κ1) is 18.4. The van der Waals surface area contributed by atoms with Crippen molar-refractivity contribution in [1.82, 2.24) is 4.90 Å². The number of fused-ring (bicyclic) bond motifs is 1. The van der Waals surface area contributed by atoms with Gasteiger partial charge in [0.15, 0.2) is 0 Å². The zero-order valence-electron chi connectivity index (χ0n) is 15.4. The number of rotatable bonds is 5. The number of carbonyl (C=O) groups excluding carboxylic acids is 2. The summed E-state index contributed by atoms with van der Waals surface area (Å²) in [5.74, 6) is -0.344. The molecule has 1 saturated heterocycles. The van der Waals surface area contributed by atoms with Gasteiger partial charge in [-0.3, -0.25) is 14.5 Å². The molecule has 1 aliphatic heterocycles. The monoisotopic (exact) mass is 354 g/mol. The molecule has 1 amide bonds. The highest BCUT2D eigenvalue weighted by Crippen LogP contribution is 2.22. The average molecular weight is 354 g/mol. The summed E-state index contributed by atoms with van der Waals surface area (Å²) in [7, 11) is 0. The number of anilines is 1. The fraction of sp³-hybridized carbons (Fsp3) is 0.429. The fourth-order valence-corrected chi connectivity index (χ4v) is 3.49. The second-order valence-corrected chi connectivity index (χ2v) is 6.81. The molecule has 1 heterocycles. The third kappa shape index (κ3) is 4.22. The molecule has 5 nitrogen and oxygen atoms in total. The Bertz CT molecular complexity index is 790. The minimum atomic E-state index is -0.293. The molecule has 1 N–H and O–H groups in total. The van der Waals surface area contributed by atoms with Crippen LogP contribution >= 0.6 is 0 Å². The molecule has 3 rings (SSSR count). The zero-order chi connectivity index (χ0) is 18.5. The molecular weight excluding hydrogens is 328 g/mol. The second-order valence-electron chi connectivity index (χ2n) is 6.81. The predicted octanol–water partition coefficient (Wildman–Crippen LogP) is 3.44. The number of nitrogens with zero attached hydrogens (tertiary/aromatic N) is 1. The number of likely N-dealkylation sites (tertiary alicyclic amines) is 1. The first-order valence-electron chi connectivity index (χ1n) is 9.29. The smallest absolute Gasteiger partial charge is 0.310 e. The van der Waals surface area contributed by atoms with Gasteiger partial charge in [-0.05, 0) is 56.1 Å². The number of nitrogens with one attached hydrogen (secondary N) is 1. The van der Waals surface area contributed by atoms with Gasteiger partial charge in [0, 0.05) is 12.2 Å². The van der Waals surface area contributed by atoms with Gasteiger partial charge in [-0.1, -0.05) is 30.3 Å². The SMILES string of the molecule is CCOC(=O)[C@@H]1CCCN([C@@H](C)C(=O)Nc2ccc3ccccc3c2)C1. The normalized spacial score (nSPS) is 19.1. The summed E-state index contributed by atoms with van der Waals surface area (Å²) in [5, 5.41) is 5.24. The van der Waals surface area contributed by atoms with E-state index in [0.29, 0.717) is 13.2 Å². The van der Waals surface area contributed by atoms with Crippen LogP contribution in [0.3, 0.4) is 0 Å². The van der Waals surface area contributed by atoms with Gasteiger partial charge in [-0.25, -0.2) is 0 Å². The number of piperidine rings is 1. The van der Waals surface area contributed by atoms with Gasteiger partial charge in [-0.2, -0.15) is 0 Å². The quantitative estimate of drug-likeness (QED) is 0.836. The fourth-order valence-electron chi connectivity index (χ4n) is 3.49. The van der Waals surface area contributed by atoms with Crippen molar-refractivity contribution in [3.05, 3.63) is 42.5 Å². The summed E-state index contributed by atoms with van der Waals surface area (Å²) in [5.41, 5.74) is 0.791. The van der Waals surface area contributed by atoms with Crippen molar-refractivity contribution in [2.24, 2.45) is 5.92 Å². The van der Waals surface area contributed by atoms with Crippen LogP contribution in [-0.2, 0) is 14.3 Å². The van der Waals surface area contributed by atoms with Crippen molar-refractivity contribution in [3.63, 3.8) is 0 Å². The van der Waals surface area contributed by atoms with E-state index in [2.05, 4.69) is 10.2 Å². The third-order valence-electron chi connectivity index (χ3n) is 5.02. The van der Waals surface area contributed by atoms with E-state index >= 15 is 0 Å². The van der Waals surface area contributed by atoms with E-state index in [-0.39, 0.29) is 23.8 Å². The van der Waals surface area contributed by atoms with Crippen LogP contribution in [0.5, 0.6) is 0 Å². The molecular formula is C21H26N2O3. The lowest BCUT2D eigenvalue weighted by Crippen LogP contribution is -2.48. The van der Waals surface area contributed by atoms with E-state index in [4.69, 9.17) is 4.74 Å². The summed E-state index contributed by atoms with van der Waals surface area (Å²) >= 11 is 0. The lowest BCUT2D eigenvalue weighted by Gasteiger charge is -2.35. The number of esters is 1. The second kappa shape index (κ2) is 8.32. The number of ether oxygens (including phenoxy) is 1. The molecule has 0 aliphatic carbocycles. The Morgan fingerprint density at radius 1 is 1.23 bits per heavy atom. The Morgan fingerprint density at radius 2 is 2.00 bits per heavy atom. The Hall–Kier alpha value is -2.40. The van der Waals surface area contributed by atoms with Gasteiger partial charge in [-0.15, -0.1) is 0 Å². The molecule has 2 aromatic rings. The van der Waals surface area contributed by atoms with E-state index in [0.717, 1.165) is 35.8 Å². The largest absolute Gasteiger partial charge is 0.466 e. The molecule has 2 atom stereocenters. The van der Waals surface area contributed by atoms with Crippen molar-refractivity contribution >= 4 is 28.3 Å². The number of amides is 1. The zero-order valence-corrected chi connectivity index (χ0v) is 15.4. The summed E-state index contributed by atoms with van der Waals surface area (Å²) in [6.45, 7) is 5.50. The molecule has 138 valence electrons. The van der Waals surface area contributed by atoms with Crippen LogP contribution in [0.15, 0.2) is 42.5 Å². The highest BCUT2D eigenvalue weighted by molar-refractivity contribution is 5.97. The predicted molar refractivity (Wildman–Crippen MR) is 103 cm³/mol. The standard InChI is InChI=1S/C21H26N2O3/c1-3-26-21(25)18-9-6-12-23(14-18)15(2)20(24)22-19-11-10-16-7-4-5-8-17(16)13-19/h4-5,7-8,10-11,13,15,18H,3,6,9,12,14H2,1-2H3,(H,22,24)/t15-,18+/m0/s1. The van der Waals surface area contributed by atoms with Gasteiger partial charge in [0.25, 0.3) is 0 Å². The van der Waals surface area contributed by atoms with Crippen LogP contribution in [0, 0.1) is 5.92 Å². The maximum absolute atomic E-state index is 12.7. The number of carbonyl (C=O) groups is 2. The average Bonchev–Trinajstić information content (AvgIpc) is 2.67. The minimum absolute atomic E-state index is 0.0511. The van der Waals surface area contributed by atoms with Crippen molar-refractivity contribution in [1.29, 1.82) is 0 Å². The Kier molecular flexibility index (Phi) is 5.89. The van der Waals surface area contributed by atoms with Gasteiger partial charge in [0.1, 0.15) is 0 Å². The lowest BCUT2D eigenvalue weighted by molar-refractivity contribution is -0.150. The minimum Gasteiger partial charge on any atom is -0.466 e. The first-order chi connectivity index (χ1) is 12.6. The van der Waals surface area contributed by atoms with Gasteiger partial charge in [0.05, 0.1) is 18.6 Å². The maximum Gasteiger partial charge on any atom is 0.310 e.